The molecule has 8 rings (SSSR count). The maximum absolute atomic E-state index is 13.6. The molecule has 2 saturated heterocycles. The number of imide groups is 2. The number of fused-ring (bicyclic) bond motifs is 1. The Balaban J connectivity index is 1.25. The van der Waals surface area contributed by atoms with Crippen LogP contribution in [0.15, 0.2) is 69.6 Å². The molecule has 4 aliphatic carbocycles. The molecule has 0 spiro atoms. The lowest BCUT2D eigenvalue weighted by atomic mass is 9.40. The zero-order valence-corrected chi connectivity index (χ0v) is 20.8. The van der Waals surface area contributed by atoms with Crippen molar-refractivity contribution in [2.45, 2.75) is 0 Å². The SMILES string of the molecule is O=C1[C@H]2[C@H]3C=C[C@@H]([C@@H]2C(=O)N1c1ccc(Br)cc1)[C@H]1[C@H]2C(=O)N(c4ccc(Br)cc4)C(=O)[C@@H]2[C@H]31. The molecular weight excluding hydrogens is 564 g/mol. The van der Waals surface area contributed by atoms with Gasteiger partial charge in [0, 0.05) is 8.95 Å². The Bertz CT molecular complexity index is 1270. The quantitative estimate of drug-likeness (QED) is 0.394. The summed E-state index contributed by atoms with van der Waals surface area (Å²) in [6, 6.07) is 14.3. The van der Waals surface area contributed by atoms with E-state index in [-0.39, 0.29) is 47.3 Å². The third-order valence-corrected chi connectivity index (χ3v) is 9.57. The fourth-order valence-corrected chi connectivity index (χ4v) is 7.82. The van der Waals surface area contributed by atoms with E-state index in [9.17, 15) is 19.2 Å². The second-order valence-corrected chi connectivity index (χ2v) is 11.6. The van der Waals surface area contributed by atoms with Crippen LogP contribution in [0.2, 0.25) is 0 Å². The second-order valence-electron chi connectivity index (χ2n) is 9.77. The van der Waals surface area contributed by atoms with Gasteiger partial charge in [0.25, 0.3) is 0 Å². The summed E-state index contributed by atoms with van der Waals surface area (Å²) in [6.07, 6.45) is 4.05. The van der Waals surface area contributed by atoms with Crippen molar-refractivity contribution in [3.05, 3.63) is 69.6 Å². The fourth-order valence-electron chi connectivity index (χ4n) is 7.29. The highest BCUT2D eigenvalue weighted by Gasteiger charge is 2.75. The fraction of sp³-hybridized carbons (Fsp3) is 0.308. The molecule has 4 fully saturated rings. The van der Waals surface area contributed by atoms with Crippen LogP contribution in [0.25, 0.3) is 0 Å². The van der Waals surface area contributed by atoms with E-state index in [0.29, 0.717) is 11.4 Å². The predicted octanol–water partition coefficient (Wildman–Crippen LogP) is 4.18. The van der Waals surface area contributed by atoms with E-state index in [1.165, 1.54) is 9.80 Å². The normalized spacial score (nSPS) is 37.1. The van der Waals surface area contributed by atoms with Gasteiger partial charge >= 0.3 is 0 Å². The van der Waals surface area contributed by atoms with Gasteiger partial charge in [-0.2, -0.15) is 0 Å². The van der Waals surface area contributed by atoms with Crippen LogP contribution in [0.5, 0.6) is 0 Å². The average molecular weight is 582 g/mol. The number of allylic oxidation sites excluding steroid dienone is 2. The van der Waals surface area contributed by atoms with E-state index in [1.807, 2.05) is 36.4 Å². The van der Waals surface area contributed by atoms with Crippen LogP contribution in [0, 0.1) is 47.3 Å². The van der Waals surface area contributed by atoms with Crippen molar-refractivity contribution in [3.63, 3.8) is 0 Å². The maximum atomic E-state index is 13.6. The lowest BCUT2D eigenvalue weighted by molar-refractivity contribution is -0.166. The van der Waals surface area contributed by atoms with Crippen LogP contribution >= 0.6 is 31.9 Å². The highest BCUT2D eigenvalue weighted by molar-refractivity contribution is 9.10. The van der Waals surface area contributed by atoms with E-state index in [0.717, 1.165) is 8.95 Å². The number of hydrogen-bond donors (Lipinski definition) is 0. The molecule has 6 nitrogen and oxygen atoms in total. The molecule has 0 N–H and O–H groups in total. The Morgan fingerprint density at radius 1 is 0.500 bits per heavy atom. The first-order chi connectivity index (χ1) is 16.4. The Hall–Kier alpha value is -2.58. The molecule has 4 amide bonds. The zero-order valence-electron chi connectivity index (χ0n) is 17.7. The number of amides is 4. The monoisotopic (exact) mass is 580 g/mol. The number of halogens is 2. The minimum Gasteiger partial charge on any atom is -0.274 e. The van der Waals surface area contributed by atoms with Crippen molar-refractivity contribution >= 4 is 66.9 Å². The summed E-state index contributed by atoms with van der Waals surface area (Å²) >= 11 is 6.79. The van der Waals surface area contributed by atoms with Gasteiger partial charge in [0.1, 0.15) is 0 Å². The summed E-state index contributed by atoms with van der Waals surface area (Å²) in [4.78, 5) is 56.6. The van der Waals surface area contributed by atoms with E-state index in [4.69, 9.17) is 0 Å². The van der Waals surface area contributed by atoms with Crippen molar-refractivity contribution in [2.24, 2.45) is 47.3 Å². The summed E-state index contributed by atoms with van der Waals surface area (Å²) in [7, 11) is 0. The maximum Gasteiger partial charge on any atom is 0.238 e. The molecule has 170 valence electrons. The number of rotatable bonds is 2. The smallest absolute Gasteiger partial charge is 0.238 e. The summed E-state index contributed by atoms with van der Waals surface area (Å²) in [6.45, 7) is 0. The van der Waals surface area contributed by atoms with Gasteiger partial charge < -0.3 is 0 Å². The topological polar surface area (TPSA) is 74.8 Å². The molecule has 8 atom stereocenters. The van der Waals surface area contributed by atoms with Gasteiger partial charge in [0.05, 0.1) is 35.0 Å². The molecule has 2 bridgehead atoms. The van der Waals surface area contributed by atoms with Gasteiger partial charge in [0.15, 0.2) is 0 Å². The van der Waals surface area contributed by atoms with Crippen molar-refractivity contribution in [1.82, 2.24) is 0 Å². The first kappa shape index (κ1) is 20.8. The number of nitrogens with zero attached hydrogens (tertiary/aromatic N) is 2. The Kier molecular flexibility index (Phi) is 4.26. The number of benzene rings is 2. The highest BCUT2D eigenvalue weighted by Crippen LogP contribution is 2.68. The summed E-state index contributed by atoms with van der Waals surface area (Å²) in [5, 5.41) is 0. The third kappa shape index (κ3) is 2.45. The van der Waals surface area contributed by atoms with Gasteiger partial charge in [-0.15, -0.1) is 0 Å². The van der Waals surface area contributed by atoms with Gasteiger partial charge in [-0.1, -0.05) is 44.0 Å². The predicted molar refractivity (Wildman–Crippen MR) is 130 cm³/mol. The van der Waals surface area contributed by atoms with Gasteiger partial charge in [-0.05, 0) is 72.2 Å². The van der Waals surface area contributed by atoms with Crippen LogP contribution in [-0.2, 0) is 19.2 Å². The van der Waals surface area contributed by atoms with E-state index in [2.05, 4.69) is 31.9 Å². The van der Waals surface area contributed by atoms with E-state index < -0.39 is 23.7 Å². The molecule has 8 heteroatoms. The number of carbonyl (C=O) groups is 4. The summed E-state index contributed by atoms with van der Waals surface area (Å²) < 4.78 is 1.74. The Morgan fingerprint density at radius 2 is 0.824 bits per heavy atom. The average Bonchev–Trinajstić information content (AvgIpc) is 3.19. The van der Waals surface area contributed by atoms with Gasteiger partial charge in [0.2, 0.25) is 23.6 Å². The standard InChI is InChI=1S/C26H18Br2N2O4/c27-11-1-5-13(6-2-11)29-23(31)19-15-9-10-16(20(19)24(29)32)18-17(15)21-22(18)26(34)30(25(21)33)14-7-3-12(28)4-8-14/h1-10,15-22H/t15-,16+,17-,18-,19+,20+,21-,22-/m1/s1. The molecule has 2 aromatic carbocycles. The first-order valence-corrected chi connectivity index (χ1v) is 12.9. The van der Waals surface area contributed by atoms with Gasteiger partial charge in [-0.25, -0.2) is 0 Å². The summed E-state index contributed by atoms with van der Waals surface area (Å²) in [5.41, 5.74) is 1.13. The van der Waals surface area contributed by atoms with E-state index >= 15 is 0 Å². The van der Waals surface area contributed by atoms with Crippen LogP contribution < -0.4 is 9.80 Å². The molecule has 2 heterocycles. The third-order valence-electron chi connectivity index (χ3n) is 8.51. The molecule has 2 saturated carbocycles. The Labute approximate surface area is 212 Å². The van der Waals surface area contributed by atoms with Crippen LogP contribution in [0.1, 0.15) is 0 Å². The lowest BCUT2D eigenvalue weighted by Gasteiger charge is -2.60. The number of hydrogen-bond acceptors (Lipinski definition) is 4. The van der Waals surface area contributed by atoms with Crippen LogP contribution in [0.4, 0.5) is 11.4 Å². The largest absolute Gasteiger partial charge is 0.274 e. The molecular formula is C26H18Br2N2O4. The molecule has 0 unspecified atom stereocenters. The first-order valence-electron chi connectivity index (χ1n) is 11.3. The number of carbonyl (C=O) groups excluding carboxylic acids is 4. The molecule has 34 heavy (non-hydrogen) atoms. The molecule has 0 aromatic heterocycles. The Morgan fingerprint density at radius 3 is 1.18 bits per heavy atom. The summed E-state index contributed by atoms with van der Waals surface area (Å²) in [5.74, 6) is -3.14. The zero-order chi connectivity index (χ0) is 23.5. The van der Waals surface area contributed by atoms with Crippen molar-refractivity contribution in [2.75, 3.05) is 9.80 Å². The number of anilines is 2. The molecule has 0 radical (unpaired) electrons. The van der Waals surface area contributed by atoms with Crippen molar-refractivity contribution in [1.29, 1.82) is 0 Å². The molecule has 2 aromatic rings. The lowest BCUT2D eigenvalue weighted by Crippen LogP contribution is -2.63. The second kappa shape index (κ2) is 6.98. The van der Waals surface area contributed by atoms with Crippen LogP contribution in [-0.4, -0.2) is 23.6 Å². The minimum absolute atomic E-state index is 0.0835. The molecule has 2 aliphatic heterocycles. The van der Waals surface area contributed by atoms with Gasteiger partial charge in [-0.3, -0.25) is 29.0 Å². The van der Waals surface area contributed by atoms with Crippen molar-refractivity contribution < 1.29 is 19.2 Å². The van der Waals surface area contributed by atoms with Crippen molar-refractivity contribution in [3.8, 4) is 0 Å². The van der Waals surface area contributed by atoms with E-state index in [1.54, 1.807) is 24.3 Å². The molecule has 6 aliphatic rings. The minimum atomic E-state index is -0.474. The van der Waals surface area contributed by atoms with Crippen LogP contribution in [0.3, 0.4) is 0 Å². The highest BCUT2D eigenvalue weighted by atomic mass is 79.9.